The molecule has 2 aliphatic heterocycles. The first-order valence-corrected chi connectivity index (χ1v) is 5.82. The number of morpholine rings is 1. The van der Waals surface area contributed by atoms with Gasteiger partial charge in [-0.25, -0.2) is 0 Å². The molecule has 3 heterocycles. The lowest BCUT2D eigenvalue weighted by atomic mass is 10.2. The predicted molar refractivity (Wildman–Crippen MR) is 59.7 cm³/mol. The molecular weight excluding hydrogens is 220 g/mol. The van der Waals surface area contributed by atoms with Gasteiger partial charge in [-0.2, -0.15) is 0 Å². The van der Waals surface area contributed by atoms with Gasteiger partial charge in [0, 0.05) is 19.3 Å². The molecule has 0 aromatic carbocycles. The van der Waals surface area contributed by atoms with Gasteiger partial charge in [0.05, 0.1) is 24.0 Å². The highest BCUT2D eigenvalue weighted by Crippen LogP contribution is 2.28. The van der Waals surface area contributed by atoms with E-state index in [2.05, 4.69) is 4.98 Å². The molecule has 2 fully saturated rings. The number of aromatic nitrogens is 1. The number of pyridine rings is 1. The van der Waals surface area contributed by atoms with Gasteiger partial charge in [0.25, 0.3) is 5.91 Å². The maximum absolute atomic E-state index is 12.2. The largest absolute Gasteiger partial charge is 0.505 e. The van der Waals surface area contributed by atoms with Crippen LogP contribution in [0.5, 0.6) is 5.75 Å². The van der Waals surface area contributed by atoms with Crippen molar-refractivity contribution in [3.63, 3.8) is 0 Å². The Morgan fingerprint density at radius 3 is 2.76 bits per heavy atom. The Kier molecular flexibility index (Phi) is 2.48. The van der Waals surface area contributed by atoms with Crippen molar-refractivity contribution >= 4 is 5.91 Å². The van der Waals surface area contributed by atoms with Crippen molar-refractivity contribution in [3.8, 4) is 5.75 Å². The van der Waals surface area contributed by atoms with E-state index in [1.54, 1.807) is 11.0 Å². The Morgan fingerprint density at radius 2 is 2.12 bits per heavy atom. The van der Waals surface area contributed by atoms with E-state index < -0.39 is 0 Å². The van der Waals surface area contributed by atoms with Crippen LogP contribution >= 0.6 is 0 Å². The molecule has 0 spiro atoms. The number of amides is 1. The summed E-state index contributed by atoms with van der Waals surface area (Å²) in [6, 6.07) is 1.55. The lowest BCUT2D eigenvalue weighted by Crippen LogP contribution is -2.45. The second-order valence-corrected chi connectivity index (χ2v) is 4.56. The zero-order valence-electron chi connectivity index (χ0n) is 9.37. The topological polar surface area (TPSA) is 62.7 Å². The summed E-state index contributed by atoms with van der Waals surface area (Å²) in [6.45, 7) is 1.24. The average molecular weight is 234 g/mol. The Labute approximate surface area is 99.0 Å². The van der Waals surface area contributed by atoms with Gasteiger partial charge in [-0.15, -0.1) is 0 Å². The highest BCUT2D eigenvalue weighted by molar-refractivity contribution is 5.96. The van der Waals surface area contributed by atoms with Gasteiger partial charge in [-0.3, -0.25) is 9.78 Å². The van der Waals surface area contributed by atoms with E-state index in [4.69, 9.17) is 4.74 Å². The molecule has 0 aliphatic carbocycles. The third-order valence-electron chi connectivity index (χ3n) is 3.36. The number of likely N-dealkylation sites (tertiary alicyclic amines) is 1. The Bertz CT molecular complexity index is 437. The monoisotopic (exact) mass is 234 g/mol. The second kappa shape index (κ2) is 4.00. The number of carbonyl (C=O) groups is 1. The fraction of sp³-hybridized carbons (Fsp3) is 0.500. The van der Waals surface area contributed by atoms with Crippen molar-refractivity contribution in [3.05, 3.63) is 24.0 Å². The highest BCUT2D eigenvalue weighted by Gasteiger charge is 2.36. The number of fused-ring (bicyclic) bond motifs is 2. The van der Waals surface area contributed by atoms with Crippen LogP contribution in [0.15, 0.2) is 18.5 Å². The van der Waals surface area contributed by atoms with Crippen LogP contribution in [0.3, 0.4) is 0 Å². The Hall–Kier alpha value is -1.62. The smallest absolute Gasteiger partial charge is 0.257 e. The molecule has 0 radical (unpaired) electrons. The van der Waals surface area contributed by atoms with Gasteiger partial charge >= 0.3 is 0 Å². The lowest BCUT2D eigenvalue weighted by molar-refractivity contribution is -0.0304. The molecule has 2 atom stereocenters. The van der Waals surface area contributed by atoms with Crippen LogP contribution < -0.4 is 0 Å². The first-order chi connectivity index (χ1) is 8.24. The van der Waals surface area contributed by atoms with Crippen molar-refractivity contribution in [2.45, 2.75) is 25.0 Å². The molecule has 1 amide bonds. The first kappa shape index (κ1) is 10.5. The maximum Gasteiger partial charge on any atom is 0.257 e. The molecule has 17 heavy (non-hydrogen) atoms. The predicted octanol–water partition coefficient (Wildman–Crippen LogP) is 0.791. The van der Waals surface area contributed by atoms with Crippen molar-refractivity contribution in [2.24, 2.45) is 0 Å². The molecule has 2 saturated heterocycles. The van der Waals surface area contributed by atoms with Gasteiger partial charge in [0.2, 0.25) is 0 Å². The van der Waals surface area contributed by atoms with Gasteiger partial charge in [-0.1, -0.05) is 0 Å². The van der Waals surface area contributed by atoms with Crippen LogP contribution in [0, 0.1) is 0 Å². The minimum atomic E-state index is -0.134. The minimum Gasteiger partial charge on any atom is -0.505 e. The van der Waals surface area contributed by atoms with E-state index in [1.807, 2.05) is 0 Å². The first-order valence-electron chi connectivity index (χ1n) is 5.82. The number of hydrogen-bond donors (Lipinski definition) is 1. The number of nitrogens with zero attached hydrogens (tertiary/aromatic N) is 2. The summed E-state index contributed by atoms with van der Waals surface area (Å²) in [5, 5.41) is 9.62. The number of hydrogen-bond acceptors (Lipinski definition) is 4. The SMILES string of the molecule is O=C(c1ccncc1O)N1CC2CCC(C1)O2. The van der Waals surface area contributed by atoms with Crippen LogP contribution in [0.1, 0.15) is 23.2 Å². The number of ether oxygens (including phenoxy) is 1. The Balaban J connectivity index is 1.81. The second-order valence-electron chi connectivity index (χ2n) is 4.56. The average Bonchev–Trinajstić information content (AvgIpc) is 2.68. The summed E-state index contributed by atoms with van der Waals surface area (Å²) in [5.74, 6) is -0.193. The van der Waals surface area contributed by atoms with Crippen molar-refractivity contribution < 1.29 is 14.6 Å². The van der Waals surface area contributed by atoms with E-state index in [0.29, 0.717) is 18.7 Å². The van der Waals surface area contributed by atoms with Crippen molar-refractivity contribution in [1.29, 1.82) is 0 Å². The van der Waals surface area contributed by atoms with Crippen LogP contribution in [0.4, 0.5) is 0 Å². The van der Waals surface area contributed by atoms with Gasteiger partial charge in [0.15, 0.2) is 0 Å². The molecule has 1 N–H and O–H groups in total. The third kappa shape index (κ3) is 1.86. The van der Waals surface area contributed by atoms with Crippen LogP contribution in [-0.2, 0) is 4.74 Å². The maximum atomic E-state index is 12.2. The van der Waals surface area contributed by atoms with Crippen LogP contribution in [0.25, 0.3) is 0 Å². The van der Waals surface area contributed by atoms with Gasteiger partial charge in [0.1, 0.15) is 5.75 Å². The van der Waals surface area contributed by atoms with Gasteiger partial charge < -0.3 is 14.7 Å². The van der Waals surface area contributed by atoms with E-state index in [1.165, 1.54) is 12.4 Å². The normalized spacial score (nSPS) is 27.2. The fourth-order valence-corrected chi connectivity index (χ4v) is 2.52. The molecular formula is C12H14N2O3. The molecule has 1 aromatic rings. The summed E-state index contributed by atoms with van der Waals surface area (Å²) in [6.07, 6.45) is 5.20. The summed E-state index contributed by atoms with van der Waals surface area (Å²) in [7, 11) is 0. The van der Waals surface area contributed by atoms with Crippen molar-refractivity contribution in [1.82, 2.24) is 9.88 Å². The zero-order valence-corrected chi connectivity index (χ0v) is 9.37. The minimum absolute atomic E-state index is 0.0589. The molecule has 3 rings (SSSR count). The van der Waals surface area contributed by atoms with E-state index in [9.17, 15) is 9.90 Å². The number of aromatic hydroxyl groups is 1. The summed E-state index contributed by atoms with van der Waals surface area (Å²) >= 11 is 0. The molecule has 2 aliphatic rings. The molecule has 0 saturated carbocycles. The molecule has 2 bridgehead atoms. The Morgan fingerprint density at radius 1 is 1.41 bits per heavy atom. The summed E-state index contributed by atoms with van der Waals surface area (Å²) in [5.41, 5.74) is 0.321. The molecule has 5 nitrogen and oxygen atoms in total. The number of carbonyl (C=O) groups excluding carboxylic acids is 1. The van der Waals surface area contributed by atoms with Gasteiger partial charge in [-0.05, 0) is 18.9 Å². The zero-order chi connectivity index (χ0) is 11.8. The standard InChI is InChI=1S/C12H14N2O3/c15-11-5-13-4-3-10(11)12(16)14-6-8-1-2-9(7-14)17-8/h3-5,8-9,15H,1-2,6-7H2. The third-order valence-corrected chi connectivity index (χ3v) is 3.36. The fourth-order valence-electron chi connectivity index (χ4n) is 2.52. The molecule has 1 aromatic heterocycles. The van der Waals surface area contributed by atoms with E-state index in [-0.39, 0.29) is 23.9 Å². The highest BCUT2D eigenvalue weighted by atomic mass is 16.5. The lowest BCUT2D eigenvalue weighted by Gasteiger charge is -2.32. The molecule has 2 unspecified atom stereocenters. The van der Waals surface area contributed by atoms with Crippen LogP contribution in [0.2, 0.25) is 0 Å². The summed E-state index contributed by atoms with van der Waals surface area (Å²) < 4.78 is 5.68. The molecule has 5 heteroatoms. The quantitative estimate of drug-likeness (QED) is 0.780. The van der Waals surface area contributed by atoms with Crippen LogP contribution in [-0.4, -0.2) is 46.2 Å². The number of rotatable bonds is 1. The summed E-state index contributed by atoms with van der Waals surface area (Å²) in [4.78, 5) is 17.8. The van der Waals surface area contributed by atoms with Crippen molar-refractivity contribution in [2.75, 3.05) is 13.1 Å². The molecule has 90 valence electrons. The van der Waals surface area contributed by atoms with E-state index >= 15 is 0 Å². The van der Waals surface area contributed by atoms with E-state index in [0.717, 1.165) is 12.8 Å².